The fourth-order valence-electron chi connectivity index (χ4n) is 0.530. The average molecular weight is 656 g/mol. The van der Waals surface area contributed by atoms with Gasteiger partial charge < -0.3 is 11.0 Å². The molecule has 0 aromatic rings. The zero-order valence-electron chi connectivity index (χ0n) is 15.2. The Kier molecular flexibility index (Phi) is 17.5. The third kappa shape index (κ3) is 5.07. The van der Waals surface area contributed by atoms with E-state index in [4.69, 9.17) is 63.1 Å². The minimum Gasteiger partial charge on any atom is -0.412 e. The van der Waals surface area contributed by atoms with Crippen LogP contribution in [0.3, 0.4) is 0 Å². The molecule has 0 aliphatic carbocycles. The summed E-state index contributed by atoms with van der Waals surface area (Å²) < 4.78 is 0. The molecule has 0 saturated carbocycles. The van der Waals surface area contributed by atoms with Gasteiger partial charge in [-0.05, 0) is 0 Å². The van der Waals surface area contributed by atoms with Gasteiger partial charge in [-0.25, -0.2) is 0 Å². The van der Waals surface area contributed by atoms with Crippen LogP contribution in [0.4, 0.5) is 0 Å². The van der Waals surface area contributed by atoms with Crippen LogP contribution in [-0.4, -0.2) is 11.0 Å². The first-order valence-electron chi connectivity index (χ1n) is 4.80. The van der Waals surface area contributed by atoms with Crippen LogP contribution in [0.1, 0.15) is 0 Å². The molecule has 0 bridgehead atoms. The fourth-order valence-corrected chi connectivity index (χ4v) is 2.19. The monoisotopic (exact) mass is 652 g/mol. The smallest absolute Gasteiger partial charge is 0.412 e. The molecule has 0 fully saturated rings. The summed E-state index contributed by atoms with van der Waals surface area (Å²) in [6, 6.07) is 0. The maximum Gasteiger partial charge on any atom is 2.00 e. The largest absolute Gasteiger partial charge is 2.00 e. The van der Waals surface area contributed by atoms with Crippen molar-refractivity contribution in [1.29, 1.82) is 63.1 Å². The predicted molar refractivity (Wildman–Crippen MR) is 74.6 cm³/mol. The molecule has 0 heterocycles. The normalized spacial score (nSPS) is 11.2. The van der Waals surface area contributed by atoms with Crippen LogP contribution in [0.25, 0.3) is 0 Å². The van der Waals surface area contributed by atoms with E-state index < -0.39 is 21.5 Å². The van der Waals surface area contributed by atoms with E-state index in [0.717, 1.165) is 59.6 Å². The van der Waals surface area contributed by atoms with E-state index in [1.807, 2.05) is 0 Å². The number of nitrogens with zero attached hydrogens (tertiary/aromatic N) is 12. The molecule has 0 aromatic heterocycles. The van der Waals surface area contributed by atoms with E-state index in [1.54, 1.807) is 0 Å². The molecular formula is C12H4Fe2N12O2Zn3. The molecule has 4 N–H and O–H groups in total. The van der Waals surface area contributed by atoms with Crippen molar-refractivity contribution >= 4 is 0 Å². The molecule has 146 valence electrons. The fraction of sp³-hybridized carbons (Fsp3) is 0. The summed E-state index contributed by atoms with van der Waals surface area (Å²) in [5.41, 5.74) is 0. The Morgan fingerprint density at radius 2 is 0.323 bits per heavy atom. The molecule has 0 spiro atoms. The van der Waals surface area contributed by atoms with Gasteiger partial charge in [0.05, 0.1) is 0 Å². The molecule has 0 saturated heterocycles. The Bertz CT molecular complexity index is 901. The first-order valence-corrected chi connectivity index (χ1v) is 11.4. The predicted octanol–water partition coefficient (Wildman–Crippen LogP) is -1.46. The molecule has 0 aliphatic rings. The van der Waals surface area contributed by atoms with E-state index >= 15 is 0 Å². The standard InChI is InChI=1S/12CN.2Fe.2H2O.3Zn/c12*1-2;;;;;;;/h;;;;;;;;;;;;;;2*1H2;;;/q;;;;;;;;;;;;2*-3;;;3*+2. The number of nitriles is 12. The molecule has 0 radical (unpaired) electrons. The van der Waals surface area contributed by atoms with Gasteiger partial charge in [0.1, 0.15) is 0 Å². The number of hydrogen-bond acceptors (Lipinski definition) is 12. The van der Waals surface area contributed by atoms with Crippen molar-refractivity contribution in [2.24, 2.45) is 0 Å². The van der Waals surface area contributed by atoms with E-state index in [9.17, 15) is 0 Å². The summed E-state index contributed by atoms with van der Waals surface area (Å²) >= 11 is 0. The van der Waals surface area contributed by atoms with E-state index in [2.05, 4.69) is 0 Å². The van der Waals surface area contributed by atoms with Crippen molar-refractivity contribution in [3.05, 3.63) is 0 Å². The molecule has 19 heteroatoms. The first kappa shape index (κ1) is 46.1. The van der Waals surface area contributed by atoms with Gasteiger partial charge in [0.2, 0.25) is 0 Å². The van der Waals surface area contributed by atoms with Gasteiger partial charge >= 0.3 is 203 Å². The third-order valence-corrected chi connectivity index (χ3v) is 9.78. The van der Waals surface area contributed by atoms with Crippen LogP contribution in [0.15, 0.2) is 0 Å². The molecule has 0 rings (SSSR count). The van der Waals surface area contributed by atoms with Gasteiger partial charge in [-0.1, -0.05) is 0 Å². The van der Waals surface area contributed by atoms with Gasteiger partial charge in [0.15, 0.2) is 0 Å². The third-order valence-electron chi connectivity index (χ3n) is 2.37. The topological polar surface area (TPSA) is 348 Å². The van der Waals surface area contributed by atoms with Crippen LogP contribution in [0.2, 0.25) is 0 Å². The van der Waals surface area contributed by atoms with E-state index in [0.29, 0.717) is 0 Å². The van der Waals surface area contributed by atoms with Gasteiger partial charge in [0.25, 0.3) is 0 Å². The zero-order chi connectivity index (χ0) is 21.3. The molecular weight excluding hydrogens is 652 g/mol. The number of hydrogen-bond donors (Lipinski definition) is 0. The van der Waals surface area contributed by atoms with Crippen molar-refractivity contribution in [2.45, 2.75) is 0 Å². The molecule has 0 aliphatic heterocycles. The Morgan fingerprint density at radius 3 is 0.323 bits per heavy atom. The van der Waals surface area contributed by atoms with Crippen molar-refractivity contribution in [3.8, 4) is 59.6 Å². The summed E-state index contributed by atoms with van der Waals surface area (Å²) in [5, 5.41) is 103. The van der Waals surface area contributed by atoms with Gasteiger partial charge in [-0.3, -0.25) is 0 Å². The molecule has 0 aromatic carbocycles. The van der Waals surface area contributed by atoms with Gasteiger partial charge in [0, 0.05) is 0 Å². The Labute approximate surface area is 211 Å². The quantitative estimate of drug-likeness (QED) is 0.270. The summed E-state index contributed by atoms with van der Waals surface area (Å²) in [6.45, 7) is 0. The summed E-state index contributed by atoms with van der Waals surface area (Å²) in [4.78, 5) is 12.4. The van der Waals surface area contributed by atoms with Crippen LogP contribution < -0.4 is 0 Å². The molecule has 0 amide bonds. The zero-order valence-corrected chi connectivity index (χ0v) is 26.3. The maximum absolute atomic E-state index is 8.58. The minimum atomic E-state index is -6.17. The Morgan fingerprint density at radius 1 is 0.258 bits per heavy atom. The van der Waals surface area contributed by atoms with Crippen LogP contribution in [0, 0.1) is 123 Å². The van der Waals surface area contributed by atoms with Gasteiger partial charge in [-0.15, -0.1) is 0 Å². The van der Waals surface area contributed by atoms with E-state index in [-0.39, 0.29) is 69.4 Å². The van der Waals surface area contributed by atoms with Crippen molar-refractivity contribution in [2.75, 3.05) is 0 Å². The van der Waals surface area contributed by atoms with Crippen molar-refractivity contribution < 1.29 is 90.9 Å². The average Bonchev–Trinajstić information content (AvgIpc) is 2.77. The minimum absolute atomic E-state index is 0. The Balaban J connectivity index is -0.0000000640. The van der Waals surface area contributed by atoms with Crippen LogP contribution in [0.5, 0.6) is 0 Å². The van der Waals surface area contributed by atoms with Crippen LogP contribution in [-0.2, 0) is 79.9 Å². The second-order valence-electron chi connectivity index (χ2n) is 3.60. The summed E-state index contributed by atoms with van der Waals surface area (Å²) in [5.74, 6) is 0. The van der Waals surface area contributed by atoms with E-state index in [1.165, 1.54) is 0 Å². The number of rotatable bonds is 0. The van der Waals surface area contributed by atoms with Crippen molar-refractivity contribution in [3.63, 3.8) is 0 Å². The second kappa shape index (κ2) is 11.8. The molecule has 14 nitrogen and oxygen atoms in total. The van der Waals surface area contributed by atoms with Crippen LogP contribution >= 0.6 is 0 Å². The Hall–Kier alpha value is -3.29. The summed E-state index contributed by atoms with van der Waals surface area (Å²) in [6.07, 6.45) is 0. The SMILES string of the molecule is N#[C][Fe-3]([C]#N)([C]#N)([C]#N)([C]#N)[C]#N.N#[C][Fe-3]([C]#N)([C]#N)([C]#N)([C]#N)[C]#N.O.O.[Zn+2].[Zn+2].[Zn+2]. The maximum atomic E-state index is 8.58. The van der Waals surface area contributed by atoms with Gasteiger partial charge in [-0.2, -0.15) is 0 Å². The summed E-state index contributed by atoms with van der Waals surface area (Å²) in [7, 11) is -12.3. The second-order valence-corrected chi connectivity index (χ2v) is 14.8. The van der Waals surface area contributed by atoms with Crippen molar-refractivity contribution in [1.82, 2.24) is 0 Å². The molecule has 0 atom stereocenters. The molecule has 0 unspecified atom stereocenters. The molecule has 31 heavy (non-hydrogen) atoms. The first-order chi connectivity index (χ1) is 11.9.